The van der Waals surface area contributed by atoms with E-state index in [0.717, 1.165) is 25.5 Å². The highest BCUT2D eigenvalue weighted by molar-refractivity contribution is 14.1. The molecule has 0 saturated carbocycles. The number of ketones is 1. The molecule has 1 heterocycles. The molecule has 0 radical (unpaired) electrons. The molecule has 0 amide bonds. The first-order chi connectivity index (χ1) is 15.5. The van der Waals surface area contributed by atoms with E-state index in [-0.39, 0.29) is 11.5 Å². The van der Waals surface area contributed by atoms with Crippen molar-refractivity contribution in [1.29, 1.82) is 0 Å². The Morgan fingerprint density at radius 2 is 1.75 bits per heavy atom. The second kappa shape index (κ2) is 10.2. The van der Waals surface area contributed by atoms with Gasteiger partial charge >= 0.3 is 0 Å². The van der Waals surface area contributed by atoms with Gasteiger partial charge in [0.15, 0.2) is 17.3 Å². The minimum absolute atomic E-state index is 0.0115. The summed E-state index contributed by atoms with van der Waals surface area (Å²) in [5.41, 5.74) is 2.68. The average molecular weight is 652 g/mol. The van der Waals surface area contributed by atoms with Gasteiger partial charge in [-0.1, -0.05) is 43.7 Å². The minimum atomic E-state index is -0.0939. The summed E-state index contributed by atoms with van der Waals surface area (Å²) in [6, 6.07) is 18.8. The van der Waals surface area contributed by atoms with Crippen molar-refractivity contribution in [3.63, 3.8) is 0 Å². The summed E-state index contributed by atoms with van der Waals surface area (Å²) in [5.74, 6) is 0.881. The molecule has 6 heteroatoms. The van der Waals surface area contributed by atoms with Gasteiger partial charge in [-0.25, -0.2) is 0 Å². The Morgan fingerprint density at radius 3 is 2.44 bits per heavy atom. The van der Waals surface area contributed by atoms with E-state index in [1.54, 1.807) is 12.1 Å². The van der Waals surface area contributed by atoms with E-state index in [9.17, 15) is 9.90 Å². The number of unbranched alkanes of at least 4 members (excludes halogenated alkanes) is 1. The number of benzene rings is 3. The van der Waals surface area contributed by atoms with Crippen molar-refractivity contribution in [1.82, 2.24) is 0 Å². The van der Waals surface area contributed by atoms with Crippen LogP contribution in [0.4, 0.5) is 0 Å². The number of aromatic hydroxyl groups is 1. The third-order valence-electron chi connectivity index (χ3n) is 5.19. The van der Waals surface area contributed by atoms with Gasteiger partial charge < -0.3 is 14.3 Å². The van der Waals surface area contributed by atoms with Crippen LogP contribution in [0.3, 0.4) is 0 Å². The lowest BCUT2D eigenvalue weighted by Gasteiger charge is -2.08. The van der Waals surface area contributed by atoms with Gasteiger partial charge in [-0.15, -0.1) is 0 Å². The second-order valence-corrected chi connectivity index (χ2v) is 10.1. The number of halogens is 2. The predicted molar refractivity (Wildman–Crippen MR) is 143 cm³/mol. The van der Waals surface area contributed by atoms with Crippen LogP contribution in [0.2, 0.25) is 0 Å². The van der Waals surface area contributed by atoms with Crippen LogP contribution in [0.5, 0.6) is 11.5 Å². The quantitative estimate of drug-likeness (QED) is 0.158. The van der Waals surface area contributed by atoms with Crippen LogP contribution < -0.4 is 4.74 Å². The summed E-state index contributed by atoms with van der Waals surface area (Å²) < 4.78 is 14.0. The summed E-state index contributed by atoms with van der Waals surface area (Å²) in [7, 11) is 0. The number of carbonyl (C=O) groups is 1. The van der Waals surface area contributed by atoms with Crippen LogP contribution in [0.25, 0.3) is 11.0 Å². The molecule has 32 heavy (non-hydrogen) atoms. The molecule has 0 unspecified atom stereocenters. The van der Waals surface area contributed by atoms with Gasteiger partial charge in [0.2, 0.25) is 0 Å². The molecule has 1 aromatic heterocycles. The predicted octanol–water partition coefficient (Wildman–Crippen LogP) is 7.50. The number of phenols is 1. The Hall–Kier alpha value is -2.07. The standard InChI is InChI=1S/C26H22I2O4/c1-2-3-9-22-25(26(30)17-10-18(27)12-19(28)11-17)20-13-21(29)24(14-23(20)32-22)31-15-16-7-5-4-6-8-16/h4-8,10-14,29H,2-3,9,15H2,1H3. The molecule has 164 valence electrons. The van der Waals surface area contributed by atoms with Crippen LogP contribution in [-0.2, 0) is 13.0 Å². The van der Waals surface area contributed by atoms with E-state index in [0.29, 0.717) is 46.6 Å². The van der Waals surface area contributed by atoms with Crippen molar-refractivity contribution in [2.24, 2.45) is 0 Å². The Kier molecular flexibility index (Phi) is 7.40. The highest BCUT2D eigenvalue weighted by Gasteiger charge is 2.24. The molecule has 0 fully saturated rings. The summed E-state index contributed by atoms with van der Waals surface area (Å²) >= 11 is 4.44. The molecule has 0 saturated heterocycles. The smallest absolute Gasteiger partial charge is 0.197 e. The topological polar surface area (TPSA) is 59.7 Å². The zero-order valence-electron chi connectivity index (χ0n) is 17.5. The van der Waals surface area contributed by atoms with Crippen LogP contribution in [0, 0.1) is 7.14 Å². The van der Waals surface area contributed by atoms with Crippen molar-refractivity contribution in [3.05, 3.63) is 90.3 Å². The van der Waals surface area contributed by atoms with E-state index in [1.807, 2.05) is 48.5 Å². The molecule has 1 N–H and O–H groups in total. The Morgan fingerprint density at radius 1 is 1.03 bits per heavy atom. The SMILES string of the molecule is CCCCc1oc2cc(OCc3ccccc3)c(O)cc2c1C(=O)c1cc(I)cc(I)c1. The molecule has 3 aromatic carbocycles. The number of hydrogen-bond acceptors (Lipinski definition) is 4. The maximum absolute atomic E-state index is 13.5. The fraction of sp³-hybridized carbons (Fsp3) is 0.192. The van der Waals surface area contributed by atoms with Gasteiger partial charge in [0, 0.05) is 30.6 Å². The Balaban J connectivity index is 1.75. The zero-order valence-corrected chi connectivity index (χ0v) is 21.8. The first-order valence-corrected chi connectivity index (χ1v) is 12.6. The number of ether oxygens (including phenoxy) is 1. The minimum Gasteiger partial charge on any atom is -0.504 e. The maximum Gasteiger partial charge on any atom is 0.197 e. The molecule has 4 rings (SSSR count). The van der Waals surface area contributed by atoms with E-state index in [2.05, 4.69) is 52.1 Å². The molecule has 0 bridgehead atoms. The van der Waals surface area contributed by atoms with Crippen LogP contribution in [0.1, 0.15) is 47.0 Å². The van der Waals surface area contributed by atoms with E-state index >= 15 is 0 Å². The third-order valence-corrected chi connectivity index (χ3v) is 6.43. The first kappa shape index (κ1) is 23.1. The zero-order chi connectivity index (χ0) is 22.7. The molecule has 4 nitrogen and oxygen atoms in total. The monoisotopic (exact) mass is 652 g/mol. The van der Waals surface area contributed by atoms with E-state index in [1.165, 1.54) is 0 Å². The van der Waals surface area contributed by atoms with Gasteiger partial charge in [-0.2, -0.15) is 0 Å². The molecule has 0 aliphatic rings. The summed E-state index contributed by atoms with van der Waals surface area (Å²) in [6.45, 7) is 2.43. The highest BCUT2D eigenvalue weighted by atomic mass is 127. The number of rotatable bonds is 8. The van der Waals surface area contributed by atoms with Gasteiger partial charge in [-0.3, -0.25) is 4.79 Å². The first-order valence-electron chi connectivity index (χ1n) is 10.4. The molecular weight excluding hydrogens is 630 g/mol. The molecule has 0 spiro atoms. The third kappa shape index (κ3) is 5.11. The van der Waals surface area contributed by atoms with Crippen molar-refractivity contribution < 1.29 is 19.1 Å². The lowest BCUT2D eigenvalue weighted by molar-refractivity contribution is 0.103. The van der Waals surface area contributed by atoms with Crippen molar-refractivity contribution in [2.45, 2.75) is 32.8 Å². The fourth-order valence-electron chi connectivity index (χ4n) is 3.61. The fourth-order valence-corrected chi connectivity index (χ4v) is 5.54. The van der Waals surface area contributed by atoms with Crippen molar-refractivity contribution in [3.8, 4) is 11.5 Å². The normalized spacial score (nSPS) is 11.1. The van der Waals surface area contributed by atoms with Gasteiger partial charge in [0.05, 0.1) is 5.56 Å². The molecule has 0 atom stereocenters. The van der Waals surface area contributed by atoms with E-state index in [4.69, 9.17) is 9.15 Å². The Labute approximate surface area is 214 Å². The molecule has 4 aromatic rings. The average Bonchev–Trinajstić information content (AvgIpc) is 3.12. The van der Waals surface area contributed by atoms with Crippen molar-refractivity contribution in [2.75, 3.05) is 0 Å². The molecular formula is C26H22I2O4. The van der Waals surface area contributed by atoms with Crippen LogP contribution >= 0.6 is 45.2 Å². The van der Waals surface area contributed by atoms with E-state index < -0.39 is 0 Å². The lowest BCUT2D eigenvalue weighted by Crippen LogP contribution is -2.05. The Bertz CT molecular complexity index is 1240. The van der Waals surface area contributed by atoms with Gasteiger partial charge in [0.1, 0.15) is 18.0 Å². The number of fused-ring (bicyclic) bond motifs is 1. The highest BCUT2D eigenvalue weighted by Crippen LogP contribution is 2.38. The summed E-state index contributed by atoms with van der Waals surface area (Å²) in [6.07, 6.45) is 2.56. The lowest BCUT2D eigenvalue weighted by atomic mass is 9.98. The number of hydrogen-bond donors (Lipinski definition) is 1. The van der Waals surface area contributed by atoms with Gasteiger partial charge in [0.25, 0.3) is 0 Å². The molecule has 0 aliphatic carbocycles. The van der Waals surface area contributed by atoms with Gasteiger partial charge in [-0.05, 0) is 81.4 Å². The number of phenolic OH excluding ortho intramolecular Hbond substituents is 1. The maximum atomic E-state index is 13.5. The summed E-state index contributed by atoms with van der Waals surface area (Å²) in [4.78, 5) is 13.5. The summed E-state index contributed by atoms with van der Waals surface area (Å²) in [5, 5.41) is 11.3. The van der Waals surface area contributed by atoms with Crippen LogP contribution in [0.15, 0.2) is 65.1 Å². The number of aryl methyl sites for hydroxylation is 1. The number of carbonyl (C=O) groups excluding carboxylic acids is 1. The molecule has 0 aliphatic heterocycles. The van der Waals surface area contributed by atoms with Crippen molar-refractivity contribution >= 4 is 61.9 Å². The van der Waals surface area contributed by atoms with Crippen LogP contribution in [-0.4, -0.2) is 10.9 Å². The number of furan rings is 1. The largest absolute Gasteiger partial charge is 0.504 e. The second-order valence-electron chi connectivity index (χ2n) is 7.58.